The quantitative estimate of drug-likeness (QED) is 0.424. The van der Waals surface area contributed by atoms with Crippen LogP contribution in [-0.4, -0.2) is 45.6 Å². The van der Waals surface area contributed by atoms with E-state index in [0.29, 0.717) is 34.3 Å². The fourth-order valence-electron chi connectivity index (χ4n) is 4.25. The average Bonchev–Trinajstić information content (AvgIpc) is 3.03. The number of thioether (sulfide) groups is 1. The number of fused-ring (bicyclic) bond motifs is 1. The Morgan fingerprint density at radius 2 is 1.58 bits per heavy atom. The second-order valence-corrected chi connectivity index (χ2v) is 9.77. The second-order valence-electron chi connectivity index (χ2n) is 8.53. The average molecular weight is 536 g/mol. The molecule has 9 nitrogen and oxygen atoms in total. The van der Waals surface area contributed by atoms with Gasteiger partial charge in [-0.2, -0.15) is 0 Å². The molecule has 198 valence electrons. The molecule has 0 fully saturated rings. The minimum absolute atomic E-state index is 0.156. The molecule has 0 radical (unpaired) electrons. The highest BCUT2D eigenvalue weighted by atomic mass is 32.2. The zero-order chi connectivity index (χ0) is 27.2. The lowest BCUT2D eigenvalue weighted by Crippen LogP contribution is -2.38. The molecule has 0 saturated carbocycles. The number of methoxy groups -OCH3 is 3. The second kappa shape index (κ2) is 11.9. The maximum atomic E-state index is 13.6. The standard InChI is InChI=1S/C28H29N3O6S/c1-17(32)29-19-8-7-9-20(14-19)30-26(33)16-31-21-10-5-6-11-24(21)38-25(15-27(31)34)18-12-22(35-2)28(37-4)23(13-18)36-3/h5-14,25H,15-16H2,1-4H3,(H,29,32)(H,30,33)/t25-/m0/s1. The van der Waals surface area contributed by atoms with Crippen LogP contribution < -0.4 is 29.7 Å². The molecule has 0 spiro atoms. The Balaban J connectivity index is 1.59. The summed E-state index contributed by atoms with van der Waals surface area (Å²) in [5, 5.41) is 5.26. The third-order valence-corrected chi connectivity index (χ3v) is 7.24. The maximum Gasteiger partial charge on any atom is 0.244 e. The summed E-state index contributed by atoms with van der Waals surface area (Å²) in [6.45, 7) is 1.25. The van der Waals surface area contributed by atoms with E-state index in [0.717, 1.165) is 10.5 Å². The molecule has 0 aliphatic carbocycles. The van der Waals surface area contributed by atoms with Gasteiger partial charge in [0, 0.05) is 34.9 Å². The molecule has 4 rings (SSSR count). The van der Waals surface area contributed by atoms with Crippen molar-refractivity contribution in [3.63, 3.8) is 0 Å². The van der Waals surface area contributed by atoms with Crippen LogP contribution in [0, 0.1) is 0 Å². The summed E-state index contributed by atoms with van der Waals surface area (Å²) in [6, 6.07) is 18.0. The van der Waals surface area contributed by atoms with E-state index in [-0.39, 0.29) is 35.9 Å². The van der Waals surface area contributed by atoms with Gasteiger partial charge in [0.05, 0.1) is 27.0 Å². The Bertz CT molecular complexity index is 1340. The van der Waals surface area contributed by atoms with Crippen molar-refractivity contribution < 1.29 is 28.6 Å². The Labute approximate surface area is 225 Å². The van der Waals surface area contributed by atoms with Gasteiger partial charge in [0.15, 0.2) is 11.5 Å². The predicted octanol–water partition coefficient (Wildman–Crippen LogP) is 4.88. The molecule has 1 aliphatic rings. The van der Waals surface area contributed by atoms with Crippen LogP contribution in [0.3, 0.4) is 0 Å². The number of nitrogens with one attached hydrogen (secondary N) is 2. The molecule has 3 aromatic carbocycles. The molecule has 38 heavy (non-hydrogen) atoms. The number of hydrogen-bond acceptors (Lipinski definition) is 7. The number of para-hydroxylation sites is 1. The lowest BCUT2D eigenvalue weighted by atomic mass is 10.1. The Morgan fingerprint density at radius 1 is 0.921 bits per heavy atom. The van der Waals surface area contributed by atoms with Crippen LogP contribution in [0.15, 0.2) is 65.6 Å². The van der Waals surface area contributed by atoms with Gasteiger partial charge in [-0.3, -0.25) is 14.4 Å². The molecule has 10 heteroatoms. The molecule has 1 aliphatic heterocycles. The molecule has 0 saturated heterocycles. The lowest BCUT2D eigenvalue weighted by Gasteiger charge is -2.22. The number of anilines is 3. The van der Waals surface area contributed by atoms with Gasteiger partial charge in [-0.05, 0) is 48.0 Å². The van der Waals surface area contributed by atoms with Crippen molar-refractivity contribution in [3.05, 3.63) is 66.2 Å². The molecule has 0 aromatic heterocycles. The van der Waals surface area contributed by atoms with Gasteiger partial charge in [0.25, 0.3) is 0 Å². The van der Waals surface area contributed by atoms with Crippen LogP contribution in [-0.2, 0) is 14.4 Å². The Morgan fingerprint density at radius 3 is 2.21 bits per heavy atom. The molecule has 1 atom stereocenters. The normalized spacial score (nSPS) is 14.7. The van der Waals surface area contributed by atoms with Gasteiger partial charge in [0.1, 0.15) is 6.54 Å². The molecule has 1 heterocycles. The van der Waals surface area contributed by atoms with E-state index in [2.05, 4.69) is 10.6 Å². The fraction of sp³-hybridized carbons (Fsp3) is 0.250. The van der Waals surface area contributed by atoms with Crippen LogP contribution in [0.4, 0.5) is 17.1 Å². The van der Waals surface area contributed by atoms with Crippen LogP contribution >= 0.6 is 11.8 Å². The van der Waals surface area contributed by atoms with Gasteiger partial charge in [-0.1, -0.05) is 18.2 Å². The molecule has 0 bridgehead atoms. The number of benzene rings is 3. The molecule has 0 unspecified atom stereocenters. The van der Waals surface area contributed by atoms with E-state index >= 15 is 0 Å². The van der Waals surface area contributed by atoms with E-state index in [1.165, 1.54) is 11.8 Å². The molecular weight excluding hydrogens is 506 g/mol. The fourth-order valence-corrected chi connectivity index (χ4v) is 5.51. The molecule has 2 N–H and O–H groups in total. The monoisotopic (exact) mass is 535 g/mol. The van der Waals surface area contributed by atoms with E-state index in [4.69, 9.17) is 14.2 Å². The highest BCUT2D eigenvalue weighted by Gasteiger charge is 2.31. The smallest absolute Gasteiger partial charge is 0.244 e. The van der Waals surface area contributed by atoms with Gasteiger partial charge in [-0.25, -0.2) is 0 Å². The number of amides is 3. The zero-order valence-corrected chi connectivity index (χ0v) is 22.4. The summed E-state index contributed by atoms with van der Waals surface area (Å²) < 4.78 is 16.5. The van der Waals surface area contributed by atoms with Crippen molar-refractivity contribution >= 4 is 46.5 Å². The van der Waals surface area contributed by atoms with Crippen LogP contribution in [0.25, 0.3) is 0 Å². The number of carbonyl (C=O) groups is 3. The van der Waals surface area contributed by atoms with E-state index in [1.54, 1.807) is 57.4 Å². The summed E-state index contributed by atoms with van der Waals surface area (Å²) in [5.41, 5.74) is 2.59. The van der Waals surface area contributed by atoms with Crippen LogP contribution in [0.1, 0.15) is 24.2 Å². The summed E-state index contributed by atoms with van der Waals surface area (Å²) in [5.74, 6) is 0.729. The summed E-state index contributed by atoms with van der Waals surface area (Å²) >= 11 is 1.54. The first-order chi connectivity index (χ1) is 18.3. The third-order valence-electron chi connectivity index (χ3n) is 5.91. The van der Waals surface area contributed by atoms with Crippen molar-refractivity contribution in [2.24, 2.45) is 0 Å². The van der Waals surface area contributed by atoms with Gasteiger partial charge in [0.2, 0.25) is 23.5 Å². The number of hydrogen-bond donors (Lipinski definition) is 2. The first-order valence-corrected chi connectivity index (χ1v) is 12.7. The highest BCUT2D eigenvalue weighted by molar-refractivity contribution is 7.99. The highest BCUT2D eigenvalue weighted by Crippen LogP contribution is 2.49. The topological polar surface area (TPSA) is 106 Å². The number of rotatable bonds is 8. The SMILES string of the molecule is COc1cc([C@@H]2CC(=O)N(CC(=O)Nc3cccc(NC(C)=O)c3)c3ccccc3S2)cc(OC)c1OC. The number of carbonyl (C=O) groups excluding carboxylic acids is 3. The van der Waals surface area contributed by atoms with Crippen molar-refractivity contribution in [1.29, 1.82) is 0 Å². The lowest BCUT2D eigenvalue weighted by molar-refractivity contribution is -0.121. The minimum Gasteiger partial charge on any atom is -0.493 e. The summed E-state index contributed by atoms with van der Waals surface area (Å²) in [6.07, 6.45) is 0.156. The first kappa shape index (κ1) is 26.9. The summed E-state index contributed by atoms with van der Waals surface area (Å²) in [4.78, 5) is 40.3. The predicted molar refractivity (Wildman–Crippen MR) is 147 cm³/mol. The first-order valence-electron chi connectivity index (χ1n) is 11.9. The van der Waals surface area contributed by atoms with Crippen molar-refractivity contribution in [2.45, 2.75) is 23.5 Å². The third kappa shape index (κ3) is 6.03. The van der Waals surface area contributed by atoms with Crippen LogP contribution in [0.5, 0.6) is 17.2 Å². The number of ether oxygens (including phenoxy) is 3. The Kier molecular flexibility index (Phi) is 8.42. The van der Waals surface area contributed by atoms with E-state index in [1.807, 2.05) is 36.4 Å². The van der Waals surface area contributed by atoms with E-state index in [9.17, 15) is 14.4 Å². The zero-order valence-electron chi connectivity index (χ0n) is 21.6. The van der Waals surface area contributed by atoms with Crippen molar-refractivity contribution in [1.82, 2.24) is 0 Å². The van der Waals surface area contributed by atoms with Gasteiger partial charge >= 0.3 is 0 Å². The molecule has 3 aromatic rings. The minimum atomic E-state index is -0.357. The Hall–Kier alpha value is -4.18. The van der Waals surface area contributed by atoms with Crippen molar-refractivity contribution in [2.75, 3.05) is 43.4 Å². The molecule has 3 amide bonds. The summed E-state index contributed by atoms with van der Waals surface area (Å²) in [7, 11) is 4.64. The maximum absolute atomic E-state index is 13.6. The van der Waals surface area contributed by atoms with E-state index < -0.39 is 0 Å². The van der Waals surface area contributed by atoms with Crippen molar-refractivity contribution in [3.8, 4) is 17.2 Å². The molecular formula is C28H29N3O6S. The largest absolute Gasteiger partial charge is 0.493 e. The van der Waals surface area contributed by atoms with Gasteiger partial charge in [-0.15, -0.1) is 11.8 Å². The number of nitrogens with zero attached hydrogens (tertiary/aromatic N) is 1. The van der Waals surface area contributed by atoms with Crippen LogP contribution in [0.2, 0.25) is 0 Å². The van der Waals surface area contributed by atoms with Gasteiger partial charge < -0.3 is 29.7 Å².